The maximum absolute atomic E-state index is 14.6. The average molecular weight is 452 g/mol. The van der Waals surface area contributed by atoms with E-state index in [1.54, 1.807) is 25.1 Å². The first kappa shape index (κ1) is 19.6. The van der Waals surface area contributed by atoms with Crippen LogP contribution in [0, 0.1) is 25.5 Å². The lowest BCUT2D eigenvalue weighted by molar-refractivity contribution is 0.569. The van der Waals surface area contributed by atoms with Crippen LogP contribution in [0.25, 0.3) is 0 Å². The number of nitrogens with zero attached hydrogens (tertiary/aromatic N) is 1. The molecule has 0 N–H and O–H groups in total. The lowest BCUT2D eigenvalue weighted by atomic mass is 10.0. The number of halogens is 3. The molecule has 0 radical (unpaired) electrons. The number of pyridine rings is 1. The van der Waals surface area contributed by atoms with Crippen molar-refractivity contribution in [1.82, 2.24) is 4.98 Å². The van der Waals surface area contributed by atoms with Crippen LogP contribution >= 0.6 is 15.9 Å². The fourth-order valence-electron chi connectivity index (χ4n) is 2.85. The maximum Gasteiger partial charge on any atom is 0.189 e. The van der Waals surface area contributed by atoms with E-state index < -0.39 is 26.7 Å². The Bertz CT molecular complexity index is 1050. The van der Waals surface area contributed by atoms with E-state index in [2.05, 4.69) is 20.9 Å². The average Bonchev–Trinajstić information content (AvgIpc) is 2.61. The summed E-state index contributed by atoms with van der Waals surface area (Å²) in [5, 5.41) is -1.42. The van der Waals surface area contributed by atoms with E-state index in [1.165, 1.54) is 18.3 Å². The van der Waals surface area contributed by atoms with Crippen molar-refractivity contribution in [2.24, 2.45) is 0 Å². The number of hydrogen-bond acceptors (Lipinski definition) is 3. The molecule has 140 valence electrons. The number of aromatic nitrogens is 1. The summed E-state index contributed by atoms with van der Waals surface area (Å²) in [6.07, 6.45) is 1.46. The van der Waals surface area contributed by atoms with Crippen molar-refractivity contribution in [3.63, 3.8) is 0 Å². The standard InChI is InChI=1S/C20H16BrF2NO2S/c1-12-3-6-15(7-4-12)27(25,26)20(16-9-13(2)24-11-18(16)21)17-10-14(22)5-8-19(17)23/h3-11,20H,1-2H3. The first-order chi connectivity index (χ1) is 12.7. The Morgan fingerprint density at radius 3 is 2.30 bits per heavy atom. The molecule has 0 saturated carbocycles. The van der Waals surface area contributed by atoms with Crippen LogP contribution in [0.15, 0.2) is 64.1 Å². The van der Waals surface area contributed by atoms with Crippen LogP contribution in [-0.2, 0) is 9.84 Å². The zero-order valence-corrected chi connectivity index (χ0v) is 17.0. The minimum atomic E-state index is -4.07. The molecule has 0 bridgehead atoms. The summed E-state index contributed by atoms with van der Waals surface area (Å²) < 4.78 is 55.7. The van der Waals surface area contributed by atoms with Crippen LogP contribution in [0.3, 0.4) is 0 Å². The lowest BCUT2D eigenvalue weighted by Gasteiger charge is -2.21. The number of sulfone groups is 1. The second-order valence-electron chi connectivity index (χ2n) is 6.25. The van der Waals surface area contributed by atoms with E-state index in [0.29, 0.717) is 15.7 Å². The smallest absolute Gasteiger partial charge is 0.189 e. The fraction of sp³-hybridized carbons (Fsp3) is 0.150. The highest BCUT2D eigenvalue weighted by atomic mass is 79.9. The Kier molecular flexibility index (Phi) is 5.44. The van der Waals surface area contributed by atoms with Gasteiger partial charge in [-0.1, -0.05) is 17.7 Å². The van der Waals surface area contributed by atoms with Crippen LogP contribution in [0.4, 0.5) is 8.78 Å². The lowest BCUT2D eigenvalue weighted by Crippen LogP contribution is -2.18. The second-order valence-corrected chi connectivity index (χ2v) is 9.14. The van der Waals surface area contributed by atoms with E-state index >= 15 is 0 Å². The van der Waals surface area contributed by atoms with Gasteiger partial charge in [-0.2, -0.15) is 0 Å². The first-order valence-electron chi connectivity index (χ1n) is 8.07. The van der Waals surface area contributed by atoms with Gasteiger partial charge in [-0.05, 0) is 71.7 Å². The van der Waals surface area contributed by atoms with Gasteiger partial charge < -0.3 is 0 Å². The third-order valence-electron chi connectivity index (χ3n) is 4.20. The molecule has 0 saturated heterocycles. The van der Waals surface area contributed by atoms with E-state index in [4.69, 9.17) is 0 Å². The highest BCUT2D eigenvalue weighted by Gasteiger charge is 2.34. The Morgan fingerprint density at radius 2 is 1.63 bits per heavy atom. The topological polar surface area (TPSA) is 47.0 Å². The number of aryl methyl sites for hydroxylation is 2. The molecule has 3 aromatic rings. The molecule has 3 nitrogen and oxygen atoms in total. The summed E-state index contributed by atoms with van der Waals surface area (Å²) in [6, 6.07) is 10.6. The van der Waals surface area contributed by atoms with Gasteiger partial charge >= 0.3 is 0 Å². The zero-order valence-electron chi connectivity index (χ0n) is 14.6. The Hall–Kier alpha value is -2.12. The molecule has 1 unspecified atom stereocenters. The zero-order chi connectivity index (χ0) is 19.8. The quantitative estimate of drug-likeness (QED) is 0.540. The van der Waals surface area contributed by atoms with E-state index in [-0.39, 0.29) is 10.5 Å². The monoisotopic (exact) mass is 451 g/mol. The Labute approximate surface area is 165 Å². The molecule has 0 fully saturated rings. The van der Waals surface area contributed by atoms with Crippen molar-refractivity contribution >= 4 is 25.8 Å². The summed E-state index contributed by atoms with van der Waals surface area (Å²) in [4.78, 5) is 4.14. The van der Waals surface area contributed by atoms with Crippen molar-refractivity contribution in [3.05, 3.63) is 93.2 Å². The van der Waals surface area contributed by atoms with Gasteiger partial charge in [-0.15, -0.1) is 0 Å². The van der Waals surface area contributed by atoms with Gasteiger partial charge in [-0.25, -0.2) is 17.2 Å². The molecule has 1 aromatic heterocycles. The largest absolute Gasteiger partial charge is 0.260 e. The van der Waals surface area contributed by atoms with E-state index in [0.717, 1.165) is 23.8 Å². The molecule has 0 aliphatic rings. The summed E-state index contributed by atoms with van der Waals surface area (Å²) in [5.74, 6) is -1.50. The van der Waals surface area contributed by atoms with E-state index in [9.17, 15) is 17.2 Å². The molecule has 27 heavy (non-hydrogen) atoms. The number of rotatable bonds is 4. The van der Waals surface area contributed by atoms with Gasteiger partial charge in [0.2, 0.25) is 0 Å². The van der Waals surface area contributed by atoms with Crippen molar-refractivity contribution in [2.75, 3.05) is 0 Å². The molecule has 1 heterocycles. The highest BCUT2D eigenvalue weighted by molar-refractivity contribution is 9.10. The predicted molar refractivity (Wildman–Crippen MR) is 103 cm³/mol. The van der Waals surface area contributed by atoms with Crippen molar-refractivity contribution in [1.29, 1.82) is 0 Å². The van der Waals surface area contributed by atoms with Crippen LogP contribution < -0.4 is 0 Å². The predicted octanol–water partition coefficient (Wildman–Crippen LogP) is 5.30. The molecular weight excluding hydrogens is 436 g/mol. The molecule has 1 atom stereocenters. The number of benzene rings is 2. The van der Waals surface area contributed by atoms with Crippen molar-refractivity contribution in [2.45, 2.75) is 24.0 Å². The molecule has 2 aromatic carbocycles. The molecule has 0 spiro atoms. The summed E-state index contributed by atoms with van der Waals surface area (Å²) in [6.45, 7) is 3.54. The minimum absolute atomic E-state index is 0.0307. The highest BCUT2D eigenvalue weighted by Crippen LogP contribution is 2.39. The Morgan fingerprint density at radius 1 is 0.963 bits per heavy atom. The number of hydrogen-bond donors (Lipinski definition) is 0. The molecule has 3 rings (SSSR count). The van der Waals surface area contributed by atoms with Gasteiger partial charge in [0, 0.05) is 21.9 Å². The third-order valence-corrected chi connectivity index (χ3v) is 6.92. The van der Waals surface area contributed by atoms with Crippen LogP contribution in [-0.4, -0.2) is 13.4 Å². The Balaban J connectivity index is 2.32. The summed E-state index contributed by atoms with van der Waals surface area (Å²) >= 11 is 3.30. The molecule has 0 aliphatic carbocycles. The second kappa shape index (κ2) is 7.48. The van der Waals surface area contributed by atoms with Crippen LogP contribution in [0.2, 0.25) is 0 Å². The maximum atomic E-state index is 14.6. The SMILES string of the molecule is Cc1ccc(S(=O)(=O)C(c2cc(F)ccc2F)c2cc(C)ncc2Br)cc1. The van der Waals surface area contributed by atoms with Gasteiger partial charge in [0.15, 0.2) is 9.84 Å². The van der Waals surface area contributed by atoms with Gasteiger partial charge in [0.25, 0.3) is 0 Å². The molecule has 0 aliphatic heterocycles. The molecule has 0 amide bonds. The van der Waals surface area contributed by atoms with Gasteiger partial charge in [-0.3, -0.25) is 4.98 Å². The van der Waals surface area contributed by atoms with Crippen LogP contribution in [0.5, 0.6) is 0 Å². The van der Waals surface area contributed by atoms with Crippen molar-refractivity contribution < 1.29 is 17.2 Å². The van der Waals surface area contributed by atoms with Gasteiger partial charge in [0.1, 0.15) is 16.9 Å². The normalized spacial score (nSPS) is 12.8. The fourth-order valence-corrected chi connectivity index (χ4v) is 5.28. The van der Waals surface area contributed by atoms with E-state index in [1.807, 2.05) is 6.92 Å². The van der Waals surface area contributed by atoms with Crippen LogP contribution in [0.1, 0.15) is 27.6 Å². The molecular formula is C20H16BrF2NO2S. The third kappa shape index (κ3) is 3.94. The summed E-state index contributed by atoms with van der Waals surface area (Å²) in [7, 11) is -4.07. The minimum Gasteiger partial charge on any atom is -0.260 e. The van der Waals surface area contributed by atoms with Gasteiger partial charge in [0.05, 0.1) is 4.90 Å². The molecule has 7 heteroatoms. The summed E-state index contributed by atoms with van der Waals surface area (Å²) in [5.41, 5.74) is 1.51. The first-order valence-corrected chi connectivity index (χ1v) is 10.4. The van der Waals surface area contributed by atoms with Crippen molar-refractivity contribution in [3.8, 4) is 0 Å².